The van der Waals surface area contributed by atoms with E-state index in [1.54, 1.807) is 53.8 Å². The van der Waals surface area contributed by atoms with Crippen molar-refractivity contribution in [2.75, 3.05) is 6.54 Å². The molecule has 0 bridgehead atoms. The van der Waals surface area contributed by atoms with Crippen molar-refractivity contribution >= 4 is 5.91 Å². The second-order valence-electron chi connectivity index (χ2n) is 6.82. The van der Waals surface area contributed by atoms with Crippen molar-refractivity contribution in [3.05, 3.63) is 95.6 Å². The summed E-state index contributed by atoms with van der Waals surface area (Å²) in [5.74, 6) is 5.60. The summed E-state index contributed by atoms with van der Waals surface area (Å²) in [6, 6.07) is 11.2. The molecule has 7 nitrogen and oxygen atoms in total. The van der Waals surface area contributed by atoms with Crippen molar-refractivity contribution in [2.45, 2.75) is 12.8 Å². The van der Waals surface area contributed by atoms with Crippen LogP contribution in [0.1, 0.15) is 33.5 Å². The van der Waals surface area contributed by atoms with E-state index in [4.69, 9.17) is 0 Å². The van der Waals surface area contributed by atoms with E-state index in [0.717, 1.165) is 24.1 Å². The molecule has 4 rings (SSSR count). The fraction of sp³-hybridized carbons (Fsp3) is 0.130. The molecule has 2 N–H and O–H groups in total. The number of H-pyrrole nitrogens is 1. The van der Waals surface area contributed by atoms with Crippen molar-refractivity contribution < 1.29 is 9.18 Å². The highest BCUT2D eigenvalue weighted by Gasteiger charge is 2.10. The van der Waals surface area contributed by atoms with Gasteiger partial charge in [0.15, 0.2) is 0 Å². The summed E-state index contributed by atoms with van der Waals surface area (Å²) in [7, 11) is 0. The zero-order valence-corrected chi connectivity index (χ0v) is 16.5. The number of nitrogens with zero attached hydrogens (tertiary/aromatic N) is 4. The molecule has 0 saturated carbocycles. The molecule has 8 heteroatoms. The largest absolute Gasteiger partial charge is 0.352 e. The summed E-state index contributed by atoms with van der Waals surface area (Å²) < 4.78 is 14.9. The van der Waals surface area contributed by atoms with Crippen LogP contribution in [-0.2, 0) is 6.42 Å². The monoisotopic (exact) mass is 414 g/mol. The first-order valence-corrected chi connectivity index (χ1v) is 9.71. The molecule has 31 heavy (non-hydrogen) atoms. The van der Waals surface area contributed by atoms with E-state index in [9.17, 15) is 9.18 Å². The van der Waals surface area contributed by atoms with Gasteiger partial charge >= 0.3 is 0 Å². The number of aryl methyl sites for hydroxylation is 1. The quantitative estimate of drug-likeness (QED) is 0.375. The van der Waals surface area contributed by atoms with Crippen LogP contribution in [-0.4, -0.2) is 37.4 Å². The number of hydrogen-bond donors (Lipinski definition) is 2. The van der Waals surface area contributed by atoms with Gasteiger partial charge in [-0.05, 0) is 60.9 Å². The molecule has 0 aliphatic carbocycles. The van der Waals surface area contributed by atoms with Gasteiger partial charge in [0, 0.05) is 29.4 Å². The number of halogens is 1. The van der Waals surface area contributed by atoms with Crippen molar-refractivity contribution in [1.29, 1.82) is 0 Å². The number of carbonyl (C=O) groups is 1. The van der Waals surface area contributed by atoms with E-state index in [-0.39, 0.29) is 11.7 Å². The van der Waals surface area contributed by atoms with Crippen molar-refractivity contribution in [2.24, 2.45) is 0 Å². The van der Waals surface area contributed by atoms with Gasteiger partial charge in [-0.15, -0.1) is 10.2 Å². The van der Waals surface area contributed by atoms with Gasteiger partial charge in [-0.25, -0.2) is 4.39 Å². The number of hydrogen-bond acceptors (Lipinski definition) is 4. The lowest BCUT2D eigenvalue weighted by atomic mass is 10.1. The van der Waals surface area contributed by atoms with Crippen LogP contribution in [0.2, 0.25) is 0 Å². The molecule has 1 amide bonds. The molecular weight excluding hydrogens is 395 g/mol. The minimum absolute atomic E-state index is 0.174. The van der Waals surface area contributed by atoms with Gasteiger partial charge in [0.1, 0.15) is 18.5 Å². The summed E-state index contributed by atoms with van der Waals surface area (Å²) in [6.45, 7) is 0.549. The van der Waals surface area contributed by atoms with Crippen molar-refractivity contribution in [3.8, 4) is 17.5 Å². The van der Waals surface area contributed by atoms with E-state index >= 15 is 0 Å². The summed E-state index contributed by atoms with van der Waals surface area (Å²) >= 11 is 0. The zero-order chi connectivity index (χ0) is 21.5. The normalized spacial score (nSPS) is 10.4. The van der Waals surface area contributed by atoms with E-state index < -0.39 is 0 Å². The maximum Gasteiger partial charge on any atom is 0.251 e. The molecule has 0 radical (unpaired) electrons. The third-order valence-corrected chi connectivity index (χ3v) is 4.62. The third-order valence-electron chi connectivity index (χ3n) is 4.62. The molecular formula is C23H19FN6O. The molecule has 0 aliphatic heterocycles. The van der Waals surface area contributed by atoms with Crippen molar-refractivity contribution in [3.63, 3.8) is 0 Å². The molecule has 4 aromatic rings. The Balaban J connectivity index is 1.52. The number of benzene rings is 2. The lowest BCUT2D eigenvalue weighted by molar-refractivity contribution is 0.0953. The fourth-order valence-corrected chi connectivity index (χ4v) is 3.01. The van der Waals surface area contributed by atoms with Crippen LogP contribution in [0.3, 0.4) is 0 Å². The third kappa shape index (κ3) is 5.22. The second kappa shape index (κ2) is 9.50. The lowest BCUT2D eigenvalue weighted by Gasteiger charge is -2.09. The Kier molecular flexibility index (Phi) is 6.14. The highest BCUT2D eigenvalue weighted by Crippen LogP contribution is 2.16. The van der Waals surface area contributed by atoms with Gasteiger partial charge < -0.3 is 5.32 Å². The van der Waals surface area contributed by atoms with Gasteiger partial charge in [0.25, 0.3) is 5.91 Å². The minimum atomic E-state index is -0.317. The first-order valence-electron chi connectivity index (χ1n) is 9.71. The Morgan fingerprint density at radius 3 is 2.65 bits per heavy atom. The van der Waals surface area contributed by atoms with E-state index in [1.165, 1.54) is 12.1 Å². The van der Waals surface area contributed by atoms with E-state index in [0.29, 0.717) is 23.2 Å². The highest BCUT2D eigenvalue weighted by atomic mass is 19.1. The van der Waals surface area contributed by atoms with Gasteiger partial charge in [-0.3, -0.25) is 14.5 Å². The summed E-state index contributed by atoms with van der Waals surface area (Å²) in [5, 5.41) is 17.3. The van der Waals surface area contributed by atoms with E-state index in [1.807, 2.05) is 6.20 Å². The topological polar surface area (TPSA) is 88.5 Å². The maximum atomic E-state index is 13.1. The first-order chi connectivity index (χ1) is 15.2. The summed E-state index contributed by atoms with van der Waals surface area (Å²) in [4.78, 5) is 12.6. The smallest absolute Gasteiger partial charge is 0.251 e. The number of aromatic amines is 1. The SMILES string of the molecule is O=C(NCCCc1cn[nH]c1)c1ccc(-n2cnnc2)c(C#Cc2ccc(F)cc2)c1. The van der Waals surface area contributed by atoms with Crippen LogP contribution in [0.5, 0.6) is 0 Å². The summed E-state index contributed by atoms with van der Waals surface area (Å²) in [5.41, 5.74) is 3.66. The predicted molar refractivity (Wildman–Crippen MR) is 113 cm³/mol. The average molecular weight is 414 g/mol. The predicted octanol–water partition coefficient (Wildman–Crippen LogP) is 2.89. The highest BCUT2D eigenvalue weighted by molar-refractivity contribution is 5.95. The van der Waals surface area contributed by atoms with Gasteiger partial charge in [-0.2, -0.15) is 5.10 Å². The average Bonchev–Trinajstić information content (AvgIpc) is 3.50. The first kappa shape index (κ1) is 20.0. The Labute approximate surface area is 178 Å². The molecule has 0 fully saturated rings. The molecule has 2 aromatic heterocycles. The molecule has 0 spiro atoms. The van der Waals surface area contributed by atoms with Crippen LogP contribution in [0.25, 0.3) is 5.69 Å². The molecule has 2 heterocycles. The number of aromatic nitrogens is 5. The standard InChI is InChI=1S/C23H19FN6O/c24-21-8-4-17(5-9-21)3-6-19-12-20(7-10-22(19)30-15-28-29-16-30)23(31)25-11-1-2-18-13-26-27-14-18/h4-5,7-10,12-16H,1-2,11H2,(H,25,31)(H,26,27). The second-order valence-corrected chi connectivity index (χ2v) is 6.82. The minimum Gasteiger partial charge on any atom is -0.352 e. The molecule has 2 aromatic carbocycles. The Bertz CT molecular complexity index is 1210. The number of carbonyl (C=O) groups excluding carboxylic acids is 1. The number of amides is 1. The molecule has 0 saturated heterocycles. The molecule has 154 valence electrons. The Hall–Kier alpha value is -4.25. The lowest BCUT2D eigenvalue weighted by Crippen LogP contribution is -2.25. The van der Waals surface area contributed by atoms with Gasteiger partial charge in [-0.1, -0.05) is 11.8 Å². The van der Waals surface area contributed by atoms with Crippen LogP contribution < -0.4 is 5.32 Å². The van der Waals surface area contributed by atoms with E-state index in [2.05, 4.69) is 37.6 Å². The van der Waals surface area contributed by atoms with Crippen LogP contribution in [0.15, 0.2) is 67.5 Å². The fourth-order valence-electron chi connectivity index (χ4n) is 3.01. The Morgan fingerprint density at radius 2 is 1.90 bits per heavy atom. The molecule has 0 unspecified atom stereocenters. The molecule has 0 aliphatic rings. The van der Waals surface area contributed by atoms with Gasteiger partial charge in [0.2, 0.25) is 0 Å². The molecule has 0 atom stereocenters. The number of nitrogens with one attached hydrogen (secondary N) is 2. The zero-order valence-electron chi connectivity index (χ0n) is 16.5. The Morgan fingerprint density at radius 1 is 1.10 bits per heavy atom. The van der Waals surface area contributed by atoms with Crippen LogP contribution in [0, 0.1) is 17.7 Å². The maximum absolute atomic E-state index is 13.1. The van der Waals surface area contributed by atoms with Crippen LogP contribution >= 0.6 is 0 Å². The number of rotatable bonds is 6. The van der Waals surface area contributed by atoms with Gasteiger partial charge in [0.05, 0.1) is 11.9 Å². The van der Waals surface area contributed by atoms with Crippen molar-refractivity contribution in [1.82, 2.24) is 30.3 Å². The summed E-state index contributed by atoms with van der Waals surface area (Å²) in [6.07, 6.45) is 8.39. The van der Waals surface area contributed by atoms with Crippen LogP contribution in [0.4, 0.5) is 4.39 Å².